The molecule has 0 radical (unpaired) electrons. The number of ether oxygens (including phenoxy) is 1. The zero-order valence-electron chi connectivity index (χ0n) is 16.6. The summed E-state index contributed by atoms with van der Waals surface area (Å²) in [4.78, 5) is 10.3. The second-order valence-corrected chi connectivity index (χ2v) is 8.63. The summed E-state index contributed by atoms with van der Waals surface area (Å²) in [5.74, 6) is 0.579. The molecule has 0 atom stereocenters. The molecule has 2 aromatic rings. The lowest BCUT2D eigenvalue weighted by molar-refractivity contribution is -0.385. The van der Waals surface area contributed by atoms with Crippen molar-refractivity contribution in [3.05, 3.63) is 52.6 Å². The molecule has 1 aliphatic carbocycles. The molecule has 0 saturated heterocycles. The summed E-state index contributed by atoms with van der Waals surface area (Å²) >= 11 is 0. The van der Waals surface area contributed by atoms with Gasteiger partial charge in [0.05, 0.1) is 17.7 Å². The van der Waals surface area contributed by atoms with Gasteiger partial charge in [-0.25, -0.2) is 8.42 Å². The fourth-order valence-electron chi connectivity index (χ4n) is 3.20. The topological polar surface area (TPSA) is 123 Å². The molecule has 1 fully saturated rings. The summed E-state index contributed by atoms with van der Waals surface area (Å²) in [5.41, 5.74) is 3.95. The van der Waals surface area contributed by atoms with Gasteiger partial charge in [0.2, 0.25) is 0 Å². The number of hydrogen-bond acceptors (Lipinski definition) is 7. The van der Waals surface area contributed by atoms with Crippen molar-refractivity contribution in [1.82, 2.24) is 0 Å². The lowest BCUT2D eigenvalue weighted by Gasteiger charge is -2.13. The number of nitro groups is 1. The SMILES string of the molecule is COc1ccc(NS(=O)(=O)c2cc([N+](=O)[O-])ccc2NN=C2CCCCCC2)cc1. The number of nitrogens with zero attached hydrogens (tertiary/aromatic N) is 2. The minimum atomic E-state index is -4.11. The van der Waals surface area contributed by atoms with Crippen LogP contribution in [0.25, 0.3) is 0 Å². The van der Waals surface area contributed by atoms with E-state index in [9.17, 15) is 18.5 Å². The second-order valence-electron chi connectivity index (χ2n) is 6.98. The van der Waals surface area contributed by atoms with Gasteiger partial charge in [0.15, 0.2) is 0 Å². The lowest BCUT2D eigenvalue weighted by atomic mass is 10.2. The van der Waals surface area contributed by atoms with Crippen LogP contribution >= 0.6 is 0 Å². The summed E-state index contributed by atoms with van der Waals surface area (Å²) in [6.07, 6.45) is 6.11. The maximum atomic E-state index is 13.0. The first-order chi connectivity index (χ1) is 14.4. The van der Waals surface area contributed by atoms with Crippen molar-refractivity contribution >= 4 is 32.8 Å². The third-order valence-electron chi connectivity index (χ3n) is 4.82. The van der Waals surface area contributed by atoms with Crippen LogP contribution in [-0.4, -0.2) is 26.2 Å². The minimum absolute atomic E-state index is 0.179. The Hall–Kier alpha value is -3.14. The van der Waals surface area contributed by atoms with Crippen LogP contribution < -0.4 is 14.9 Å². The van der Waals surface area contributed by atoms with Crippen molar-refractivity contribution in [3.8, 4) is 5.75 Å². The number of hydrazone groups is 1. The van der Waals surface area contributed by atoms with Gasteiger partial charge in [-0.3, -0.25) is 20.3 Å². The van der Waals surface area contributed by atoms with E-state index >= 15 is 0 Å². The fourth-order valence-corrected chi connectivity index (χ4v) is 4.43. The van der Waals surface area contributed by atoms with Crippen LogP contribution in [0.2, 0.25) is 0 Å². The van der Waals surface area contributed by atoms with Gasteiger partial charge in [0.25, 0.3) is 15.7 Å². The molecule has 0 spiro atoms. The van der Waals surface area contributed by atoms with E-state index in [0.29, 0.717) is 11.4 Å². The van der Waals surface area contributed by atoms with E-state index in [-0.39, 0.29) is 16.3 Å². The molecule has 0 heterocycles. The van der Waals surface area contributed by atoms with Crippen LogP contribution in [0.5, 0.6) is 5.75 Å². The largest absolute Gasteiger partial charge is 0.497 e. The van der Waals surface area contributed by atoms with Gasteiger partial charge >= 0.3 is 0 Å². The van der Waals surface area contributed by atoms with Gasteiger partial charge in [-0.05, 0) is 56.0 Å². The highest BCUT2D eigenvalue weighted by Gasteiger charge is 2.23. The minimum Gasteiger partial charge on any atom is -0.497 e. The second kappa shape index (κ2) is 9.57. The van der Waals surface area contributed by atoms with Gasteiger partial charge in [-0.1, -0.05) is 12.8 Å². The quantitative estimate of drug-likeness (QED) is 0.376. The van der Waals surface area contributed by atoms with Gasteiger partial charge in [-0.15, -0.1) is 0 Å². The number of nitro benzene ring substituents is 1. The highest BCUT2D eigenvalue weighted by Crippen LogP contribution is 2.29. The molecule has 1 aliphatic rings. The summed E-state index contributed by atoms with van der Waals surface area (Å²) in [6.45, 7) is 0. The molecule has 160 valence electrons. The third-order valence-corrected chi connectivity index (χ3v) is 6.24. The first kappa shape index (κ1) is 21.6. The summed E-state index contributed by atoms with van der Waals surface area (Å²) in [5, 5.41) is 15.6. The first-order valence-electron chi connectivity index (χ1n) is 9.66. The summed E-state index contributed by atoms with van der Waals surface area (Å²) < 4.78 is 33.5. The molecule has 2 aromatic carbocycles. The Kier molecular flexibility index (Phi) is 6.88. The molecular weight excluding hydrogens is 408 g/mol. The van der Waals surface area contributed by atoms with Crippen molar-refractivity contribution in [2.45, 2.75) is 43.4 Å². The van der Waals surface area contributed by atoms with Crippen molar-refractivity contribution in [2.75, 3.05) is 17.3 Å². The zero-order valence-corrected chi connectivity index (χ0v) is 17.4. The Morgan fingerprint density at radius 2 is 1.70 bits per heavy atom. The Labute approximate surface area is 175 Å². The lowest BCUT2D eigenvalue weighted by Crippen LogP contribution is -2.15. The molecule has 0 bridgehead atoms. The van der Waals surface area contributed by atoms with E-state index in [1.807, 2.05) is 0 Å². The number of non-ortho nitro benzene ring substituents is 1. The Balaban J connectivity index is 1.92. The first-order valence-corrected chi connectivity index (χ1v) is 11.1. The normalized spacial score (nSPS) is 14.5. The number of sulfonamides is 1. The fraction of sp³-hybridized carbons (Fsp3) is 0.350. The summed E-state index contributed by atoms with van der Waals surface area (Å²) in [6, 6.07) is 9.97. The average Bonchev–Trinajstić information content (AvgIpc) is 3.01. The molecular formula is C20H24N4O5S. The van der Waals surface area contributed by atoms with E-state index in [1.165, 1.54) is 19.2 Å². The molecule has 2 N–H and O–H groups in total. The van der Waals surface area contributed by atoms with Gasteiger partial charge in [-0.2, -0.15) is 5.10 Å². The maximum Gasteiger partial charge on any atom is 0.270 e. The molecule has 0 aromatic heterocycles. The highest BCUT2D eigenvalue weighted by molar-refractivity contribution is 7.92. The standard InChI is InChI=1S/C20H24N4O5S/c1-29-18-11-8-16(9-12-18)23-30(27,28)20-14-17(24(25)26)10-13-19(20)22-21-15-6-4-2-3-5-7-15/h8-14,22-23H,2-7H2,1H3. The number of anilines is 2. The molecule has 0 unspecified atom stereocenters. The molecule has 10 heteroatoms. The Morgan fingerprint density at radius 3 is 2.30 bits per heavy atom. The average molecular weight is 433 g/mol. The van der Waals surface area contributed by atoms with Gasteiger partial charge in [0.1, 0.15) is 10.6 Å². The van der Waals surface area contributed by atoms with Crippen LogP contribution in [-0.2, 0) is 10.0 Å². The molecule has 3 rings (SSSR count). The molecule has 0 aliphatic heterocycles. The zero-order chi connectivity index (χ0) is 21.6. The number of nitrogens with one attached hydrogen (secondary N) is 2. The molecule has 30 heavy (non-hydrogen) atoms. The third kappa shape index (κ3) is 5.47. The maximum absolute atomic E-state index is 13.0. The van der Waals surface area contributed by atoms with Gasteiger partial charge in [0, 0.05) is 23.5 Å². The predicted molar refractivity (Wildman–Crippen MR) is 116 cm³/mol. The number of rotatable bonds is 7. The molecule has 0 amide bonds. The van der Waals surface area contributed by atoms with Crippen LogP contribution in [0, 0.1) is 10.1 Å². The van der Waals surface area contributed by atoms with Crippen molar-refractivity contribution in [1.29, 1.82) is 0 Å². The smallest absolute Gasteiger partial charge is 0.270 e. The Bertz CT molecular complexity index is 1030. The van der Waals surface area contributed by atoms with E-state index in [2.05, 4.69) is 15.2 Å². The number of methoxy groups -OCH3 is 1. The van der Waals surface area contributed by atoms with Crippen LogP contribution in [0.15, 0.2) is 52.5 Å². The number of benzene rings is 2. The van der Waals surface area contributed by atoms with Crippen LogP contribution in [0.4, 0.5) is 17.1 Å². The van der Waals surface area contributed by atoms with Crippen molar-refractivity contribution in [3.63, 3.8) is 0 Å². The Morgan fingerprint density at radius 1 is 1.03 bits per heavy atom. The number of hydrogen-bond donors (Lipinski definition) is 2. The van der Waals surface area contributed by atoms with Crippen LogP contribution in [0.1, 0.15) is 38.5 Å². The van der Waals surface area contributed by atoms with E-state index < -0.39 is 14.9 Å². The van der Waals surface area contributed by atoms with E-state index in [0.717, 1.165) is 50.3 Å². The molecule has 9 nitrogen and oxygen atoms in total. The van der Waals surface area contributed by atoms with E-state index in [4.69, 9.17) is 4.74 Å². The van der Waals surface area contributed by atoms with Gasteiger partial charge < -0.3 is 4.74 Å². The van der Waals surface area contributed by atoms with Crippen molar-refractivity contribution in [2.24, 2.45) is 5.10 Å². The molecule has 1 saturated carbocycles. The van der Waals surface area contributed by atoms with Crippen molar-refractivity contribution < 1.29 is 18.1 Å². The van der Waals surface area contributed by atoms with Crippen LogP contribution in [0.3, 0.4) is 0 Å². The predicted octanol–water partition coefficient (Wildman–Crippen LogP) is 4.53. The monoisotopic (exact) mass is 432 g/mol. The van der Waals surface area contributed by atoms with E-state index in [1.54, 1.807) is 24.3 Å². The highest BCUT2D eigenvalue weighted by atomic mass is 32.2. The summed E-state index contributed by atoms with van der Waals surface area (Å²) in [7, 11) is -2.60.